The van der Waals surface area contributed by atoms with Crippen molar-refractivity contribution in [3.63, 3.8) is 0 Å². The summed E-state index contributed by atoms with van der Waals surface area (Å²) in [5.74, 6) is 0.223. The SMILES string of the molecule is CCCN(CCC(=O)OCC)C(=O)C1CCC1. The van der Waals surface area contributed by atoms with Crippen molar-refractivity contribution in [1.29, 1.82) is 0 Å². The molecule has 1 rings (SSSR count). The maximum Gasteiger partial charge on any atom is 0.307 e. The fraction of sp³-hybridized carbons (Fsp3) is 0.846. The number of ether oxygens (including phenoxy) is 1. The minimum absolute atomic E-state index is 0.212. The molecule has 0 aliphatic heterocycles. The molecular weight excluding hydrogens is 218 g/mol. The number of rotatable bonds is 7. The van der Waals surface area contributed by atoms with Gasteiger partial charge < -0.3 is 9.64 Å². The molecular formula is C13H23NO3. The van der Waals surface area contributed by atoms with E-state index >= 15 is 0 Å². The molecule has 0 aromatic carbocycles. The van der Waals surface area contributed by atoms with Gasteiger partial charge in [-0.3, -0.25) is 9.59 Å². The van der Waals surface area contributed by atoms with E-state index in [4.69, 9.17) is 4.74 Å². The number of carbonyl (C=O) groups is 2. The molecule has 1 aliphatic rings. The van der Waals surface area contributed by atoms with E-state index in [-0.39, 0.29) is 17.8 Å². The molecule has 0 radical (unpaired) electrons. The normalized spacial score (nSPS) is 15.2. The maximum absolute atomic E-state index is 12.1. The lowest BCUT2D eigenvalue weighted by Gasteiger charge is -2.31. The summed E-state index contributed by atoms with van der Waals surface area (Å²) in [5.41, 5.74) is 0. The number of amides is 1. The van der Waals surface area contributed by atoms with Crippen LogP contribution in [0.2, 0.25) is 0 Å². The van der Waals surface area contributed by atoms with Crippen molar-refractivity contribution in [2.45, 2.75) is 46.0 Å². The van der Waals surface area contributed by atoms with Gasteiger partial charge in [0.2, 0.25) is 5.91 Å². The zero-order valence-corrected chi connectivity index (χ0v) is 10.9. The highest BCUT2D eigenvalue weighted by atomic mass is 16.5. The summed E-state index contributed by atoms with van der Waals surface area (Å²) in [7, 11) is 0. The first-order valence-corrected chi connectivity index (χ1v) is 6.63. The molecule has 0 atom stereocenters. The van der Waals surface area contributed by atoms with Crippen LogP contribution in [0.3, 0.4) is 0 Å². The van der Waals surface area contributed by atoms with Gasteiger partial charge in [0.25, 0.3) is 0 Å². The van der Waals surface area contributed by atoms with E-state index in [0.29, 0.717) is 19.6 Å². The van der Waals surface area contributed by atoms with Crippen molar-refractivity contribution < 1.29 is 14.3 Å². The highest BCUT2D eigenvalue weighted by Gasteiger charge is 2.29. The lowest BCUT2D eigenvalue weighted by atomic mass is 9.84. The molecule has 0 aromatic heterocycles. The average Bonchev–Trinajstić information content (AvgIpc) is 2.22. The number of esters is 1. The monoisotopic (exact) mass is 241 g/mol. The van der Waals surface area contributed by atoms with Crippen LogP contribution in [0.4, 0.5) is 0 Å². The van der Waals surface area contributed by atoms with Crippen LogP contribution in [-0.4, -0.2) is 36.5 Å². The number of hydrogen-bond donors (Lipinski definition) is 0. The lowest BCUT2D eigenvalue weighted by molar-refractivity contribution is -0.145. The van der Waals surface area contributed by atoms with Crippen LogP contribution in [0.15, 0.2) is 0 Å². The standard InChI is InChI=1S/C13H23NO3/c1-3-9-14(10-8-12(15)17-4-2)13(16)11-6-5-7-11/h11H,3-10H2,1-2H3. The molecule has 0 saturated heterocycles. The van der Waals surface area contributed by atoms with Gasteiger partial charge in [-0.15, -0.1) is 0 Å². The Bertz CT molecular complexity index is 261. The first-order chi connectivity index (χ1) is 8.19. The topological polar surface area (TPSA) is 46.6 Å². The summed E-state index contributed by atoms with van der Waals surface area (Å²) < 4.78 is 4.87. The Morgan fingerprint density at radius 2 is 1.94 bits per heavy atom. The van der Waals surface area contributed by atoms with Gasteiger partial charge in [0.05, 0.1) is 13.0 Å². The average molecular weight is 241 g/mol. The zero-order valence-electron chi connectivity index (χ0n) is 10.9. The van der Waals surface area contributed by atoms with Gasteiger partial charge in [-0.2, -0.15) is 0 Å². The molecule has 0 heterocycles. The molecule has 1 aliphatic carbocycles. The van der Waals surface area contributed by atoms with E-state index < -0.39 is 0 Å². The summed E-state index contributed by atoms with van der Waals surface area (Å²) in [6, 6.07) is 0. The van der Waals surface area contributed by atoms with Gasteiger partial charge in [0, 0.05) is 19.0 Å². The zero-order chi connectivity index (χ0) is 12.7. The summed E-state index contributed by atoms with van der Waals surface area (Å²) in [6.07, 6.45) is 4.43. The van der Waals surface area contributed by atoms with E-state index in [1.807, 2.05) is 11.8 Å². The van der Waals surface area contributed by atoms with Crippen LogP contribution in [0.5, 0.6) is 0 Å². The summed E-state index contributed by atoms with van der Waals surface area (Å²) in [6.45, 7) is 5.49. The molecule has 4 heteroatoms. The largest absolute Gasteiger partial charge is 0.466 e. The van der Waals surface area contributed by atoms with E-state index in [9.17, 15) is 9.59 Å². The summed E-state index contributed by atoms with van der Waals surface area (Å²) in [5, 5.41) is 0. The Morgan fingerprint density at radius 1 is 1.24 bits per heavy atom. The Labute approximate surface area is 103 Å². The van der Waals surface area contributed by atoms with Gasteiger partial charge in [-0.05, 0) is 26.2 Å². The van der Waals surface area contributed by atoms with Gasteiger partial charge in [-0.25, -0.2) is 0 Å². The first kappa shape index (κ1) is 14.0. The van der Waals surface area contributed by atoms with Gasteiger partial charge in [0.1, 0.15) is 0 Å². The Kier molecular flexibility index (Phi) is 6.01. The molecule has 17 heavy (non-hydrogen) atoms. The molecule has 0 spiro atoms. The third-order valence-corrected chi connectivity index (χ3v) is 3.15. The molecule has 1 fully saturated rings. The van der Waals surface area contributed by atoms with E-state index in [1.54, 1.807) is 6.92 Å². The summed E-state index contributed by atoms with van der Waals surface area (Å²) >= 11 is 0. The van der Waals surface area contributed by atoms with Crippen LogP contribution < -0.4 is 0 Å². The lowest BCUT2D eigenvalue weighted by Crippen LogP contribution is -2.40. The van der Waals surface area contributed by atoms with Crippen molar-refractivity contribution in [3.8, 4) is 0 Å². The maximum atomic E-state index is 12.1. The third kappa shape index (κ3) is 4.36. The molecule has 0 unspecified atom stereocenters. The minimum atomic E-state index is -0.213. The second-order valence-electron chi connectivity index (χ2n) is 4.51. The van der Waals surface area contributed by atoms with Crippen molar-refractivity contribution in [2.75, 3.05) is 19.7 Å². The number of nitrogens with zero attached hydrogens (tertiary/aromatic N) is 1. The van der Waals surface area contributed by atoms with Crippen molar-refractivity contribution in [1.82, 2.24) is 4.90 Å². The van der Waals surface area contributed by atoms with Gasteiger partial charge in [0.15, 0.2) is 0 Å². The van der Waals surface area contributed by atoms with Crippen LogP contribution in [0, 0.1) is 5.92 Å². The second-order valence-corrected chi connectivity index (χ2v) is 4.51. The van der Waals surface area contributed by atoms with Crippen molar-refractivity contribution >= 4 is 11.9 Å². The number of hydrogen-bond acceptors (Lipinski definition) is 3. The highest BCUT2D eigenvalue weighted by molar-refractivity contribution is 5.80. The Hall–Kier alpha value is -1.06. The van der Waals surface area contributed by atoms with Crippen LogP contribution in [0.1, 0.15) is 46.0 Å². The van der Waals surface area contributed by atoms with Gasteiger partial charge >= 0.3 is 5.97 Å². The van der Waals surface area contributed by atoms with Crippen molar-refractivity contribution in [2.24, 2.45) is 5.92 Å². The third-order valence-electron chi connectivity index (χ3n) is 3.15. The predicted octanol–water partition coefficient (Wildman–Crippen LogP) is 1.98. The first-order valence-electron chi connectivity index (χ1n) is 6.63. The number of carbonyl (C=O) groups excluding carboxylic acids is 2. The van der Waals surface area contributed by atoms with Crippen LogP contribution in [-0.2, 0) is 14.3 Å². The Morgan fingerprint density at radius 3 is 2.41 bits per heavy atom. The smallest absolute Gasteiger partial charge is 0.307 e. The fourth-order valence-corrected chi connectivity index (χ4v) is 1.97. The minimum Gasteiger partial charge on any atom is -0.466 e. The molecule has 0 N–H and O–H groups in total. The molecule has 1 amide bonds. The predicted molar refractivity (Wildman–Crippen MR) is 65.5 cm³/mol. The molecule has 0 bridgehead atoms. The van der Waals surface area contributed by atoms with E-state index in [1.165, 1.54) is 0 Å². The quantitative estimate of drug-likeness (QED) is 0.640. The molecule has 4 nitrogen and oxygen atoms in total. The summed E-state index contributed by atoms with van der Waals surface area (Å²) in [4.78, 5) is 25.1. The molecule has 1 saturated carbocycles. The van der Waals surface area contributed by atoms with Crippen LogP contribution >= 0.6 is 0 Å². The molecule has 98 valence electrons. The van der Waals surface area contributed by atoms with Crippen molar-refractivity contribution in [3.05, 3.63) is 0 Å². The van der Waals surface area contributed by atoms with E-state index in [2.05, 4.69) is 0 Å². The van der Waals surface area contributed by atoms with Gasteiger partial charge in [-0.1, -0.05) is 13.3 Å². The molecule has 0 aromatic rings. The fourth-order valence-electron chi connectivity index (χ4n) is 1.97. The highest BCUT2D eigenvalue weighted by Crippen LogP contribution is 2.28. The second kappa shape index (κ2) is 7.30. The Balaban J connectivity index is 2.36. The van der Waals surface area contributed by atoms with E-state index in [0.717, 1.165) is 32.2 Å². The van der Waals surface area contributed by atoms with Crippen LogP contribution in [0.25, 0.3) is 0 Å².